The molecule has 0 saturated heterocycles. The number of halogens is 1. The van der Waals surface area contributed by atoms with Crippen molar-refractivity contribution in [3.05, 3.63) is 50.8 Å². The van der Waals surface area contributed by atoms with E-state index < -0.39 is 11.4 Å². The molecule has 3 aliphatic rings. The van der Waals surface area contributed by atoms with Crippen LogP contribution in [0, 0.1) is 19.3 Å². The molecule has 3 aromatic rings. The molecule has 2 bridgehead atoms. The first-order valence-electron chi connectivity index (χ1n) is 10.9. The Morgan fingerprint density at radius 1 is 1.06 bits per heavy atom. The summed E-state index contributed by atoms with van der Waals surface area (Å²) in [5, 5.41) is 13.9. The summed E-state index contributed by atoms with van der Waals surface area (Å²) < 4.78 is 0.903. The van der Waals surface area contributed by atoms with Gasteiger partial charge in [-0.3, -0.25) is 9.59 Å². The second-order valence-corrected chi connectivity index (χ2v) is 11.6. The lowest BCUT2D eigenvalue weighted by atomic mass is 9.57. The van der Waals surface area contributed by atoms with Crippen LogP contribution in [0.4, 0.5) is 0 Å². The van der Waals surface area contributed by atoms with Crippen LogP contribution in [0.3, 0.4) is 0 Å². The summed E-state index contributed by atoms with van der Waals surface area (Å²) in [5.41, 5.74) is 2.26. The monoisotopic (exact) mass is 512 g/mol. The van der Waals surface area contributed by atoms with Crippen LogP contribution in [0.5, 0.6) is 0 Å². The van der Waals surface area contributed by atoms with Gasteiger partial charge in [-0.15, -0.1) is 11.3 Å². The summed E-state index contributed by atoms with van der Waals surface area (Å²) in [6, 6.07) is 9.99. The molecule has 0 spiro atoms. The molecular weight excluding hydrogens is 488 g/mol. The number of pyridine rings is 1. The molecule has 1 aromatic carbocycles. The number of carboxylic acid groups (broad SMARTS) is 1. The normalized spacial score (nSPS) is 24.6. The van der Waals surface area contributed by atoms with Crippen LogP contribution >= 0.6 is 27.3 Å². The Labute approximate surface area is 199 Å². The van der Waals surface area contributed by atoms with Crippen molar-refractivity contribution in [2.45, 2.75) is 57.9 Å². The number of aromatic nitrogens is 1. The molecule has 3 fully saturated rings. The predicted molar refractivity (Wildman–Crippen MR) is 130 cm³/mol. The minimum absolute atomic E-state index is 0.0905. The zero-order valence-electron chi connectivity index (χ0n) is 18.1. The standard InChI is InChI=1S/C25H25BrN2O3S/c1-14-3-6-19(32-14)21-15(2)20(17-13-16(26)4-5-18(17)27-21)22(29)28-25-10-7-24(8-11-25,9-12-25)23(30)31/h3-6,13H,7-12H2,1-2H3,(H,28,29)(H,30,31). The predicted octanol–water partition coefficient (Wildman–Crippen LogP) is 6.25. The van der Waals surface area contributed by atoms with E-state index in [-0.39, 0.29) is 11.4 Å². The first-order chi connectivity index (χ1) is 15.2. The topological polar surface area (TPSA) is 79.3 Å². The molecule has 5 nitrogen and oxygen atoms in total. The number of rotatable bonds is 4. The summed E-state index contributed by atoms with van der Waals surface area (Å²) in [6.07, 6.45) is 4.03. The number of hydrogen-bond acceptors (Lipinski definition) is 4. The summed E-state index contributed by atoms with van der Waals surface area (Å²) >= 11 is 5.22. The lowest BCUT2D eigenvalue weighted by Gasteiger charge is -2.51. The van der Waals surface area contributed by atoms with Gasteiger partial charge in [0.05, 0.1) is 27.1 Å². The fraction of sp³-hybridized carbons (Fsp3) is 0.400. The number of amides is 1. The summed E-state index contributed by atoms with van der Waals surface area (Å²) in [4.78, 5) is 32.7. The maximum atomic E-state index is 13.8. The fourth-order valence-electron chi connectivity index (χ4n) is 5.42. The second-order valence-electron chi connectivity index (χ2n) is 9.35. The molecule has 166 valence electrons. The molecule has 0 atom stereocenters. The lowest BCUT2D eigenvalue weighted by molar-refractivity contribution is -0.156. The van der Waals surface area contributed by atoms with Gasteiger partial charge in [0.2, 0.25) is 0 Å². The number of benzene rings is 1. The lowest BCUT2D eigenvalue weighted by Crippen LogP contribution is -2.58. The van der Waals surface area contributed by atoms with Crippen molar-refractivity contribution in [2.24, 2.45) is 5.41 Å². The number of nitrogens with zero attached hydrogens (tertiary/aromatic N) is 1. The van der Waals surface area contributed by atoms with Gasteiger partial charge < -0.3 is 10.4 Å². The van der Waals surface area contributed by atoms with E-state index in [0.717, 1.165) is 31.5 Å². The Kier molecular flexibility index (Phi) is 5.17. The number of hydrogen-bond donors (Lipinski definition) is 2. The van der Waals surface area contributed by atoms with Crippen molar-refractivity contribution in [1.82, 2.24) is 10.3 Å². The van der Waals surface area contributed by atoms with Gasteiger partial charge in [0.25, 0.3) is 5.91 Å². The number of nitrogens with one attached hydrogen (secondary N) is 1. The minimum atomic E-state index is -0.686. The zero-order chi connectivity index (χ0) is 22.7. The van der Waals surface area contributed by atoms with E-state index in [1.54, 1.807) is 11.3 Å². The average molecular weight is 513 g/mol. The van der Waals surface area contributed by atoms with Crippen LogP contribution < -0.4 is 5.32 Å². The van der Waals surface area contributed by atoms with Crippen LogP contribution in [0.1, 0.15) is 59.3 Å². The molecule has 32 heavy (non-hydrogen) atoms. The maximum absolute atomic E-state index is 13.8. The van der Waals surface area contributed by atoms with Crippen molar-refractivity contribution in [3.63, 3.8) is 0 Å². The van der Waals surface area contributed by atoms with E-state index in [9.17, 15) is 14.7 Å². The number of thiophene rings is 1. The molecule has 2 N–H and O–H groups in total. The van der Waals surface area contributed by atoms with Crippen molar-refractivity contribution in [3.8, 4) is 10.6 Å². The Bertz CT molecular complexity index is 1240. The van der Waals surface area contributed by atoms with Gasteiger partial charge in [0.15, 0.2) is 0 Å². The van der Waals surface area contributed by atoms with E-state index in [4.69, 9.17) is 4.98 Å². The highest BCUT2D eigenvalue weighted by Crippen LogP contribution is 2.52. The Morgan fingerprint density at radius 2 is 1.75 bits per heavy atom. The number of aryl methyl sites for hydroxylation is 1. The SMILES string of the molecule is Cc1ccc(-c2nc3ccc(Br)cc3c(C(=O)NC34CCC(C(=O)O)(CC3)CC4)c2C)s1. The van der Waals surface area contributed by atoms with Gasteiger partial charge >= 0.3 is 5.97 Å². The van der Waals surface area contributed by atoms with E-state index >= 15 is 0 Å². The number of carboxylic acids is 1. The fourth-order valence-corrected chi connectivity index (χ4v) is 6.70. The molecule has 3 saturated carbocycles. The number of carbonyl (C=O) groups excluding carboxylic acids is 1. The molecule has 0 aliphatic heterocycles. The van der Waals surface area contributed by atoms with Crippen molar-refractivity contribution in [1.29, 1.82) is 0 Å². The third-order valence-corrected chi connectivity index (χ3v) is 8.97. The third kappa shape index (κ3) is 3.46. The summed E-state index contributed by atoms with van der Waals surface area (Å²) in [5.74, 6) is -0.777. The molecule has 3 aliphatic carbocycles. The van der Waals surface area contributed by atoms with E-state index in [2.05, 4.69) is 40.3 Å². The van der Waals surface area contributed by atoms with Crippen molar-refractivity contribution < 1.29 is 14.7 Å². The highest BCUT2D eigenvalue weighted by Gasteiger charge is 2.53. The van der Waals surface area contributed by atoms with Crippen molar-refractivity contribution >= 4 is 50.0 Å². The van der Waals surface area contributed by atoms with Crippen LogP contribution in [0.25, 0.3) is 21.5 Å². The zero-order valence-corrected chi connectivity index (χ0v) is 20.5. The molecular formula is C25H25BrN2O3S. The smallest absolute Gasteiger partial charge is 0.309 e. The second kappa shape index (κ2) is 7.66. The minimum Gasteiger partial charge on any atom is -0.481 e. The van der Waals surface area contributed by atoms with Crippen LogP contribution in [-0.4, -0.2) is 27.5 Å². The van der Waals surface area contributed by atoms with E-state index in [0.29, 0.717) is 44.1 Å². The maximum Gasteiger partial charge on any atom is 0.309 e. The third-order valence-electron chi connectivity index (χ3n) is 7.47. The molecule has 2 heterocycles. The van der Waals surface area contributed by atoms with Gasteiger partial charge in [0.1, 0.15) is 0 Å². The molecule has 6 rings (SSSR count). The molecule has 0 radical (unpaired) electrons. The van der Waals surface area contributed by atoms with Gasteiger partial charge in [-0.05, 0) is 88.3 Å². The number of fused-ring (bicyclic) bond motifs is 4. The Morgan fingerprint density at radius 3 is 2.34 bits per heavy atom. The van der Waals surface area contributed by atoms with E-state index in [1.807, 2.05) is 25.1 Å². The van der Waals surface area contributed by atoms with Crippen LogP contribution in [-0.2, 0) is 4.79 Å². The Hall–Kier alpha value is -2.25. The largest absolute Gasteiger partial charge is 0.481 e. The quantitative estimate of drug-likeness (QED) is 0.432. The van der Waals surface area contributed by atoms with Gasteiger partial charge in [-0.1, -0.05) is 15.9 Å². The Balaban J connectivity index is 1.56. The average Bonchev–Trinajstić information content (AvgIpc) is 3.20. The van der Waals surface area contributed by atoms with Crippen molar-refractivity contribution in [2.75, 3.05) is 0 Å². The number of aliphatic carboxylic acids is 1. The van der Waals surface area contributed by atoms with Crippen LogP contribution in [0.2, 0.25) is 0 Å². The first kappa shape index (κ1) is 21.6. The number of carbonyl (C=O) groups is 2. The van der Waals surface area contributed by atoms with E-state index in [1.165, 1.54) is 4.88 Å². The molecule has 7 heteroatoms. The highest BCUT2D eigenvalue weighted by atomic mass is 79.9. The van der Waals surface area contributed by atoms with Gasteiger partial charge in [-0.2, -0.15) is 0 Å². The molecule has 2 aromatic heterocycles. The van der Waals surface area contributed by atoms with Gasteiger partial charge in [-0.25, -0.2) is 4.98 Å². The highest BCUT2D eigenvalue weighted by molar-refractivity contribution is 9.10. The molecule has 1 amide bonds. The van der Waals surface area contributed by atoms with Crippen LogP contribution in [0.15, 0.2) is 34.8 Å². The van der Waals surface area contributed by atoms with Gasteiger partial charge in [0, 0.05) is 20.3 Å². The molecule has 0 unspecified atom stereocenters. The summed E-state index contributed by atoms with van der Waals surface area (Å²) in [6.45, 7) is 4.04. The summed E-state index contributed by atoms with van der Waals surface area (Å²) in [7, 11) is 0. The first-order valence-corrected chi connectivity index (χ1v) is 12.6.